The summed E-state index contributed by atoms with van der Waals surface area (Å²) in [6, 6.07) is 0. The van der Waals surface area contributed by atoms with E-state index in [0.717, 1.165) is 26.1 Å². The van der Waals surface area contributed by atoms with Crippen LogP contribution in [0.3, 0.4) is 0 Å². The van der Waals surface area contributed by atoms with E-state index in [1.54, 1.807) is 7.11 Å². The first-order valence-corrected chi connectivity index (χ1v) is 6.79. The van der Waals surface area contributed by atoms with Crippen LogP contribution in [0.2, 0.25) is 0 Å². The summed E-state index contributed by atoms with van der Waals surface area (Å²) in [6.45, 7) is 8.02. The van der Waals surface area contributed by atoms with E-state index in [9.17, 15) is 5.11 Å². The van der Waals surface area contributed by atoms with E-state index >= 15 is 0 Å². The minimum absolute atomic E-state index is 0.184. The number of hydrogen-bond acceptors (Lipinski definition) is 5. The Labute approximate surface area is 110 Å². The first kappa shape index (κ1) is 15.9. The first-order valence-electron chi connectivity index (χ1n) is 6.79. The van der Waals surface area contributed by atoms with Crippen molar-refractivity contribution < 1.29 is 19.3 Å². The van der Waals surface area contributed by atoms with Gasteiger partial charge < -0.3 is 19.3 Å². The van der Waals surface area contributed by atoms with Crippen LogP contribution in [0.15, 0.2) is 0 Å². The number of rotatable bonds is 9. The molecule has 0 aromatic rings. The van der Waals surface area contributed by atoms with E-state index in [4.69, 9.17) is 14.2 Å². The zero-order valence-corrected chi connectivity index (χ0v) is 11.6. The van der Waals surface area contributed by atoms with Gasteiger partial charge in [-0.1, -0.05) is 6.92 Å². The van der Waals surface area contributed by atoms with Gasteiger partial charge >= 0.3 is 0 Å². The smallest absolute Gasteiger partial charge is 0.0701 e. The second-order valence-corrected chi connectivity index (χ2v) is 4.85. The third kappa shape index (κ3) is 6.66. The van der Waals surface area contributed by atoms with Crippen molar-refractivity contribution in [1.82, 2.24) is 4.90 Å². The van der Waals surface area contributed by atoms with Gasteiger partial charge in [-0.2, -0.15) is 0 Å². The standard InChI is InChI=1S/C13H27NO4/c1-12-3-4-14(11-13(12)15)5-6-17-9-10-18-8-7-16-2/h12-13,15H,3-11H2,1-2H3. The molecule has 1 saturated heterocycles. The third-order valence-corrected chi connectivity index (χ3v) is 3.36. The second-order valence-electron chi connectivity index (χ2n) is 4.85. The van der Waals surface area contributed by atoms with Crippen LogP contribution < -0.4 is 0 Å². The van der Waals surface area contributed by atoms with Gasteiger partial charge in [0.15, 0.2) is 0 Å². The summed E-state index contributed by atoms with van der Waals surface area (Å²) in [5.41, 5.74) is 0. The Morgan fingerprint density at radius 3 is 2.44 bits per heavy atom. The number of nitrogens with zero attached hydrogens (tertiary/aromatic N) is 1. The predicted molar refractivity (Wildman–Crippen MR) is 69.7 cm³/mol. The Hall–Kier alpha value is -0.200. The summed E-state index contributed by atoms with van der Waals surface area (Å²) in [5.74, 6) is 0.427. The molecule has 5 heteroatoms. The Morgan fingerprint density at radius 1 is 1.11 bits per heavy atom. The van der Waals surface area contributed by atoms with Crippen LogP contribution in [0.25, 0.3) is 0 Å². The van der Waals surface area contributed by atoms with E-state index in [-0.39, 0.29) is 6.10 Å². The van der Waals surface area contributed by atoms with Crippen LogP contribution in [0.1, 0.15) is 13.3 Å². The van der Waals surface area contributed by atoms with Crippen LogP contribution in [0.5, 0.6) is 0 Å². The molecule has 1 heterocycles. The molecule has 0 saturated carbocycles. The summed E-state index contributed by atoms with van der Waals surface area (Å²) in [5, 5.41) is 9.76. The van der Waals surface area contributed by atoms with Crippen LogP contribution in [-0.4, -0.2) is 75.9 Å². The van der Waals surface area contributed by atoms with Crippen molar-refractivity contribution in [3.05, 3.63) is 0 Å². The summed E-state index contributed by atoms with van der Waals surface area (Å²) in [7, 11) is 1.66. The number of methoxy groups -OCH3 is 1. The van der Waals surface area contributed by atoms with Crippen molar-refractivity contribution >= 4 is 0 Å². The van der Waals surface area contributed by atoms with E-state index in [0.29, 0.717) is 39.0 Å². The fraction of sp³-hybridized carbons (Fsp3) is 1.00. The number of aliphatic hydroxyl groups is 1. The number of ether oxygens (including phenoxy) is 3. The van der Waals surface area contributed by atoms with E-state index in [2.05, 4.69) is 11.8 Å². The van der Waals surface area contributed by atoms with Gasteiger partial charge in [-0.25, -0.2) is 0 Å². The maximum Gasteiger partial charge on any atom is 0.0701 e. The Bertz CT molecular complexity index is 203. The zero-order chi connectivity index (χ0) is 13.2. The van der Waals surface area contributed by atoms with Crippen molar-refractivity contribution in [3.63, 3.8) is 0 Å². The van der Waals surface area contributed by atoms with Crippen LogP contribution >= 0.6 is 0 Å². The third-order valence-electron chi connectivity index (χ3n) is 3.36. The summed E-state index contributed by atoms with van der Waals surface area (Å²) in [4.78, 5) is 2.26. The molecule has 0 amide bonds. The van der Waals surface area contributed by atoms with Gasteiger partial charge in [0.1, 0.15) is 0 Å². The minimum Gasteiger partial charge on any atom is -0.392 e. The maximum atomic E-state index is 9.76. The lowest BCUT2D eigenvalue weighted by atomic mass is 9.96. The molecule has 1 aliphatic rings. The quantitative estimate of drug-likeness (QED) is 0.608. The van der Waals surface area contributed by atoms with Crippen molar-refractivity contribution in [2.75, 3.05) is 59.8 Å². The van der Waals surface area contributed by atoms with Crippen LogP contribution in [0, 0.1) is 5.92 Å². The van der Waals surface area contributed by atoms with Crippen molar-refractivity contribution in [2.24, 2.45) is 5.92 Å². The molecule has 0 aromatic carbocycles. The molecule has 18 heavy (non-hydrogen) atoms. The lowest BCUT2D eigenvalue weighted by Gasteiger charge is -2.34. The fourth-order valence-electron chi connectivity index (χ4n) is 1.98. The highest BCUT2D eigenvalue weighted by Crippen LogP contribution is 2.16. The molecule has 0 radical (unpaired) electrons. The molecule has 0 bridgehead atoms. The van der Waals surface area contributed by atoms with Gasteiger partial charge in [0.2, 0.25) is 0 Å². The van der Waals surface area contributed by atoms with Gasteiger partial charge in [0.05, 0.1) is 39.1 Å². The lowest BCUT2D eigenvalue weighted by molar-refractivity contribution is -0.00106. The van der Waals surface area contributed by atoms with Crippen molar-refractivity contribution in [3.8, 4) is 0 Å². The summed E-state index contributed by atoms with van der Waals surface area (Å²) in [6.07, 6.45) is 0.887. The van der Waals surface area contributed by atoms with Crippen molar-refractivity contribution in [2.45, 2.75) is 19.4 Å². The Kier molecular flexibility index (Phi) is 8.54. The lowest BCUT2D eigenvalue weighted by Crippen LogP contribution is -2.44. The van der Waals surface area contributed by atoms with Gasteiger partial charge in [-0.3, -0.25) is 4.90 Å². The molecular formula is C13H27NO4. The van der Waals surface area contributed by atoms with Gasteiger partial charge in [-0.05, 0) is 18.9 Å². The number of piperidine rings is 1. The number of likely N-dealkylation sites (tertiary alicyclic amines) is 1. The van der Waals surface area contributed by atoms with Gasteiger partial charge in [-0.15, -0.1) is 0 Å². The molecular weight excluding hydrogens is 234 g/mol. The van der Waals surface area contributed by atoms with Gasteiger partial charge in [0, 0.05) is 20.2 Å². The average molecular weight is 261 g/mol. The largest absolute Gasteiger partial charge is 0.392 e. The van der Waals surface area contributed by atoms with Crippen molar-refractivity contribution in [1.29, 1.82) is 0 Å². The van der Waals surface area contributed by atoms with Crippen LogP contribution in [0.4, 0.5) is 0 Å². The molecule has 108 valence electrons. The molecule has 1 aliphatic heterocycles. The second kappa shape index (κ2) is 9.69. The van der Waals surface area contributed by atoms with E-state index in [1.165, 1.54) is 0 Å². The maximum absolute atomic E-state index is 9.76. The molecule has 0 aromatic heterocycles. The Morgan fingerprint density at radius 2 is 1.78 bits per heavy atom. The van der Waals surface area contributed by atoms with E-state index in [1.807, 2.05) is 0 Å². The molecule has 2 unspecified atom stereocenters. The number of hydrogen-bond donors (Lipinski definition) is 1. The molecule has 1 fully saturated rings. The predicted octanol–water partition coefficient (Wildman–Crippen LogP) is 0.369. The highest BCUT2D eigenvalue weighted by molar-refractivity contribution is 4.76. The normalized spacial score (nSPS) is 25.5. The van der Waals surface area contributed by atoms with Gasteiger partial charge in [0.25, 0.3) is 0 Å². The Balaban J connectivity index is 1.89. The molecule has 1 N–H and O–H groups in total. The fourth-order valence-corrected chi connectivity index (χ4v) is 1.98. The highest BCUT2D eigenvalue weighted by atomic mass is 16.5. The molecule has 1 rings (SSSR count). The summed E-state index contributed by atoms with van der Waals surface area (Å²) >= 11 is 0. The zero-order valence-electron chi connectivity index (χ0n) is 11.6. The first-order chi connectivity index (χ1) is 8.74. The molecule has 0 aliphatic carbocycles. The number of β-amino-alcohol motifs (C(OH)–C–C–N with tert-alkyl or cyclic N) is 1. The number of aliphatic hydroxyl groups excluding tert-OH is 1. The monoisotopic (exact) mass is 261 g/mol. The SMILES string of the molecule is COCCOCCOCCN1CCC(C)C(O)C1. The molecule has 2 atom stereocenters. The molecule has 5 nitrogen and oxygen atoms in total. The summed E-state index contributed by atoms with van der Waals surface area (Å²) < 4.78 is 15.7. The minimum atomic E-state index is -0.184. The van der Waals surface area contributed by atoms with E-state index < -0.39 is 0 Å². The topological polar surface area (TPSA) is 51.2 Å². The van der Waals surface area contributed by atoms with Crippen LogP contribution in [-0.2, 0) is 14.2 Å². The molecule has 0 spiro atoms. The average Bonchev–Trinajstić information content (AvgIpc) is 2.37. The highest BCUT2D eigenvalue weighted by Gasteiger charge is 2.23.